The third kappa shape index (κ3) is 4.06. The number of anilines is 1. The Labute approximate surface area is 208 Å². The van der Waals surface area contributed by atoms with E-state index < -0.39 is 5.97 Å². The van der Waals surface area contributed by atoms with Crippen LogP contribution in [0.5, 0.6) is 0 Å². The van der Waals surface area contributed by atoms with Crippen LogP contribution < -0.4 is 4.90 Å². The number of ether oxygens (including phenoxy) is 1. The van der Waals surface area contributed by atoms with Crippen LogP contribution in [-0.4, -0.2) is 23.4 Å². The molecule has 0 fully saturated rings. The van der Waals surface area contributed by atoms with E-state index >= 15 is 0 Å². The maximum absolute atomic E-state index is 13.4. The fourth-order valence-electron chi connectivity index (χ4n) is 4.29. The van der Waals surface area contributed by atoms with Gasteiger partial charge >= 0.3 is 5.97 Å². The highest BCUT2D eigenvalue weighted by atomic mass is 35.5. The molecule has 2 heterocycles. The van der Waals surface area contributed by atoms with Crippen LogP contribution in [0.3, 0.4) is 0 Å². The van der Waals surface area contributed by atoms with Gasteiger partial charge in [0, 0.05) is 27.8 Å². The minimum atomic E-state index is -0.654. The molecule has 0 radical (unpaired) electrons. The van der Waals surface area contributed by atoms with Crippen LogP contribution in [0.15, 0.2) is 65.5 Å². The van der Waals surface area contributed by atoms with E-state index in [-0.39, 0.29) is 11.4 Å². The lowest BCUT2D eigenvalue weighted by molar-refractivity contribution is -0.137. The summed E-state index contributed by atoms with van der Waals surface area (Å²) in [6.45, 7) is 7.66. The van der Waals surface area contributed by atoms with Gasteiger partial charge in [0.05, 0.1) is 23.5 Å². The molecule has 1 aliphatic heterocycles. The first kappa shape index (κ1) is 23.9. The molecule has 174 valence electrons. The number of nitrogens with zero attached hydrogens (tertiary/aromatic N) is 2. The van der Waals surface area contributed by atoms with Gasteiger partial charge in [-0.25, -0.2) is 4.79 Å². The number of carbonyl (C=O) groups excluding carboxylic acids is 2. The number of hydrogen-bond donors (Lipinski definition) is 0. The molecule has 3 aromatic rings. The van der Waals surface area contributed by atoms with Gasteiger partial charge in [0.2, 0.25) is 5.78 Å². The van der Waals surface area contributed by atoms with Crippen molar-refractivity contribution >= 4 is 46.7 Å². The summed E-state index contributed by atoms with van der Waals surface area (Å²) in [4.78, 5) is 27.7. The predicted octanol–water partition coefficient (Wildman–Crippen LogP) is 6.59. The van der Waals surface area contributed by atoms with E-state index in [9.17, 15) is 9.59 Å². The summed E-state index contributed by atoms with van der Waals surface area (Å²) in [7, 11) is 1.27. The fourth-order valence-corrected chi connectivity index (χ4v) is 4.66. The Bertz CT molecular complexity index is 1380. The molecule has 1 aliphatic rings. The van der Waals surface area contributed by atoms with Crippen LogP contribution >= 0.6 is 23.2 Å². The number of benzene rings is 2. The zero-order valence-electron chi connectivity index (χ0n) is 19.6. The van der Waals surface area contributed by atoms with Gasteiger partial charge in [-0.1, -0.05) is 40.9 Å². The number of esters is 1. The molecule has 4 rings (SSSR count). The minimum Gasteiger partial charge on any atom is -0.465 e. The monoisotopic (exact) mass is 494 g/mol. The Balaban J connectivity index is 1.89. The highest BCUT2D eigenvalue weighted by Crippen LogP contribution is 2.37. The molecule has 0 amide bonds. The van der Waals surface area contributed by atoms with Crippen molar-refractivity contribution in [1.82, 2.24) is 4.57 Å². The topological polar surface area (TPSA) is 51.5 Å². The molecule has 1 aromatic heterocycles. The van der Waals surface area contributed by atoms with Crippen molar-refractivity contribution in [2.45, 2.75) is 27.7 Å². The molecular weight excluding hydrogens is 471 g/mol. The summed E-state index contributed by atoms with van der Waals surface area (Å²) in [6, 6.07) is 15.1. The zero-order valence-corrected chi connectivity index (χ0v) is 21.1. The number of ketones is 1. The molecule has 0 spiro atoms. The molecule has 0 unspecified atom stereocenters. The molecule has 2 aromatic carbocycles. The van der Waals surface area contributed by atoms with Crippen molar-refractivity contribution < 1.29 is 14.3 Å². The number of aryl methyl sites for hydroxylation is 2. The Hall–Kier alpha value is -3.28. The number of halogens is 2. The van der Waals surface area contributed by atoms with Crippen molar-refractivity contribution in [2.75, 3.05) is 12.0 Å². The van der Waals surface area contributed by atoms with E-state index in [0.29, 0.717) is 21.4 Å². The van der Waals surface area contributed by atoms with Gasteiger partial charge in [0.15, 0.2) is 0 Å². The Morgan fingerprint density at radius 3 is 2.29 bits per heavy atom. The van der Waals surface area contributed by atoms with E-state index in [1.54, 1.807) is 36.1 Å². The third-order valence-electron chi connectivity index (χ3n) is 5.99. The molecule has 0 N–H and O–H groups in total. The lowest BCUT2D eigenvalue weighted by atomic mass is 10.1. The summed E-state index contributed by atoms with van der Waals surface area (Å²) in [6.07, 6.45) is 1.80. The fraction of sp³-hybridized carbons (Fsp3) is 0.185. The maximum atomic E-state index is 13.4. The highest BCUT2D eigenvalue weighted by molar-refractivity contribution is 6.34. The van der Waals surface area contributed by atoms with Crippen LogP contribution in [-0.2, 0) is 14.3 Å². The summed E-state index contributed by atoms with van der Waals surface area (Å²) >= 11 is 12.7. The first-order valence-electron chi connectivity index (χ1n) is 10.7. The quantitative estimate of drug-likeness (QED) is 0.233. The first-order chi connectivity index (χ1) is 16.1. The second kappa shape index (κ2) is 9.16. The van der Waals surface area contributed by atoms with Gasteiger partial charge in [0.25, 0.3) is 0 Å². The van der Waals surface area contributed by atoms with Crippen LogP contribution in [0, 0.1) is 20.8 Å². The summed E-state index contributed by atoms with van der Waals surface area (Å²) in [5.41, 5.74) is 6.21. The molecule has 5 nitrogen and oxygen atoms in total. The molecule has 0 aliphatic carbocycles. The molecule has 34 heavy (non-hydrogen) atoms. The lowest BCUT2D eigenvalue weighted by Crippen LogP contribution is -2.18. The largest absolute Gasteiger partial charge is 0.465 e. The normalized spacial score (nSPS) is 15.0. The average molecular weight is 495 g/mol. The first-order valence-corrected chi connectivity index (χ1v) is 11.5. The second-order valence-electron chi connectivity index (χ2n) is 8.24. The minimum absolute atomic E-state index is 0.0287. The second-order valence-corrected chi connectivity index (χ2v) is 9.08. The summed E-state index contributed by atoms with van der Waals surface area (Å²) in [5, 5.41) is 1.14. The van der Waals surface area contributed by atoms with Crippen LogP contribution in [0.25, 0.3) is 11.8 Å². The van der Waals surface area contributed by atoms with Crippen molar-refractivity contribution in [2.24, 2.45) is 0 Å². The predicted molar refractivity (Wildman–Crippen MR) is 137 cm³/mol. The van der Waals surface area contributed by atoms with Crippen LogP contribution in [0.2, 0.25) is 10.0 Å². The average Bonchev–Trinajstić information content (AvgIpc) is 3.21. The number of methoxy groups -OCH3 is 1. The van der Waals surface area contributed by atoms with Gasteiger partial charge in [0.1, 0.15) is 5.57 Å². The van der Waals surface area contributed by atoms with E-state index in [0.717, 1.165) is 33.9 Å². The van der Waals surface area contributed by atoms with Gasteiger partial charge in [-0.2, -0.15) is 0 Å². The maximum Gasteiger partial charge on any atom is 0.343 e. The molecule has 0 saturated heterocycles. The van der Waals surface area contributed by atoms with Gasteiger partial charge in [-0.15, -0.1) is 0 Å². The third-order valence-corrected chi connectivity index (χ3v) is 6.55. The Morgan fingerprint density at radius 2 is 1.65 bits per heavy atom. The van der Waals surface area contributed by atoms with Crippen LogP contribution in [0.1, 0.15) is 29.4 Å². The Kier molecular flexibility index (Phi) is 6.43. The Morgan fingerprint density at radius 1 is 0.971 bits per heavy atom. The number of rotatable bonds is 4. The van der Waals surface area contributed by atoms with Gasteiger partial charge in [-0.3, -0.25) is 4.79 Å². The van der Waals surface area contributed by atoms with Gasteiger partial charge < -0.3 is 14.2 Å². The van der Waals surface area contributed by atoms with E-state index in [4.69, 9.17) is 27.9 Å². The van der Waals surface area contributed by atoms with E-state index in [2.05, 4.69) is 0 Å². The number of aromatic nitrogens is 1. The van der Waals surface area contributed by atoms with Crippen LogP contribution in [0.4, 0.5) is 5.69 Å². The lowest BCUT2D eigenvalue weighted by Gasteiger charge is -2.21. The number of hydrogen-bond acceptors (Lipinski definition) is 4. The molecule has 7 heteroatoms. The molecule has 0 bridgehead atoms. The summed E-state index contributed by atoms with van der Waals surface area (Å²) < 4.78 is 6.90. The van der Waals surface area contributed by atoms with Crippen molar-refractivity contribution in [3.05, 3.63) is 98.1 Å². The van der Waals surface area contributed by atoms with E-state index in [1.165, 1.54) is 7.11 Å². The van der Waals surface area contributed by atoms with Crippen molar-refractivity contribution in [3.8, 4) is 5.69 Å². The van der Waals surface area contributed by atoms with Gasteiger partial charge in [-0.05, 0) is 75.7 Å². The van der Waals surface area contributed by atoms with Crippen molar-refractivity contribution in [3.63, 3.8) is 0 Å². The standard InChI is InChI=1S/C27H24Cl2N2O3/c1-15-6-9-21(10-7-15)31-18(4)25(27(33)34-5)26(32)24(31)13-19-12-16(2)30(17(19)3)23-14-20(28)8-11-22(23)29/h6-14H,1-5H3/b24-13-. The summed E-state index contributed by atoms with van der Waals surface area (Å²) in [5.74, 6) is -1.03. The SMILES string of the molecule is COC(=O)C1=C(C)N(c2ccc(C)cc2)/C(=C\c2cc(C)n(-c3cc(Cl)ccc3Cl)c2C)C1=O. The smallest absolute Gasteiger partial charge is 0.343 e. The number of carbonyl (C=O) groups is 2. The van der Waals surface area contributed by atoms with Crippen molar-refractivity contribution in [1.29, 1.82) is 0 Å². The number of Topliss-reactive ketones (excluding diaryl/α,β-unsaturated/α-hetero) is 1. The molecular formula is C27H24Cl2N2O3. The molecule has 0 atom stereocenters. The number of allylic oxidation sites excluding steroid dienone is 2. The highest BCUT2D eigenvalue weighted by Gasteiger charge is 2.38. The van der Waals surface area contributed by atoms with E-state index in [1.807, 2.05) is 55.7 Å². The molecule has 0 saturated carbocycles. The zero-order chi connectivity index (χ0) is 24.7.